The maximum absolute atomic E-state index is 11.5. The van der Waals surface area contributed by atoms with Crippen LogP contribution in [0.5, 0.6) is 0 Å². The minimum Gasteiger partial charge on any atom is -0.481 e. The standard InChI is InChI=1S/C17H27NO2/c1-4-14(15-10-8-7-9-11-15)12-18-13-17(5-2,6-3)16(19)20/h7-11,14,18H,4-6,12-13H2,1-3H3,(H,19,20). The van der Waals surface area contributed by atoms with Crippen molar-refractivity contribution in [1.29, 1.82) is 0 Å². The molecule has 0 aliphatic carbocycles. The largest absolute Gasteiger partial charge is 0.481 e. The molecule has 0 saturated carbocycles. The van der Waals surface area contributed by atoms with Gasteiger partial charge in [0.1, 0.15) is 0 Å². The Labute approximate surface area is 122 Å². The van der Waals surface area contributed by atoms with Crippen LogP contribution in [-0.4, -0.2) is 24.2 Å². The average molecular weight is 277 g/mol. The highest BCUT2D eigenvalue weighted by molar-refractivity contribution is 5.74. The number of carbonyl (C=O) groups is 1. The van der Waals surface area contributed by atoms with E-state index in [2.05, 4.69) is 36.5 Å². The topological polar surface area (TPSA) is 49.3 Å². The normalized spacial score (nSPS) is 13.2. The molecule has 0 saturated heterocycles. The summed E-state index contributed by atoms with van der Waals surface area (Å²) >= 11 is 0. The number of hydrogen-bond acceptors (Lipinski definition) is 2. The first kappa shape index (κ1) is 16.7. The second-order valence-electron chi connectivity index (χ2n) is 5.44. The lowest BCUT2D eigenvalue weighted by molar-refractivity contribution is -0.149. The van der Waals surface area contributed by atoms with Crippen molar-refractivity contribution in [3.63, 3.8) is 0 Å². The Morgan fingerprint density at radius 3 is 2.25 bits per heavy atom. The summed E-state index contributed by atoms with van der Waals surface area (Å²) in [6, 6.07) is 10.4. The molecule has 0 aromatic heterocycles. The predicted octanol–water partition coefficient (Wildman–Crippen LogP) is 3.66. The SMILES string of the molecule is CCC(CNCC(CC)(CC)C(=O)O)c1ccccc1. The highest BCUT2D eigenvalue weighted by Gasteiger charge is 2.34. The highest BCUT2D eigenvalue weighted by Crippen LogP contribution is 2.26. The molecule has 0 aliphatic heterocycles. The smallest absolute Gasteiger partial charge is 0.310 e. The molecule has 0 fully saturated rings. The zero-order valence-electron chi connectivity index (χ0n) is 12.9. The van der Waals surface area contributed by atoms with E-state index in [1.807, 2.05) is 19.9 Å². The van der Waals surface area contributed by atoms with E-state index < -0.39 is 11.4 Å². The van der Waals surface area contributed by atoms with Crippen LogP contribution in [0.15, 0.2) is 30.3 Å². The van der Waals surface area contributed by atoms with Crippen LogP contribution in [0.3, 0.4) is 0 Å². The Balaban J connectivity index is 2.59. The quantitative estimate of drug-likeness (QED) is 0.724. The van der Waals surface area contributed by atoms with Crippen LogP contribution in [0.1, 0.15) is 51.5 Å². The summed E-state index contributed by atoms with van der Waals surface area (Å²) in [7, 11) is 0. The first-order valence-corrected chi connectivity index (χ1v) is 7.58. The Kier molecular flexibility index (Phi) is 6.73. The van der Waals surface area contributed by atoms with Gasteiger partial charge in [-0.05, 0) is 30.7 Å². The molecular formula is C17H27NO2. The van der Waals surface area contributed by atoms with Gasteiger partial charge in [0.2, 0.25) is 0 Å². The number of rotatable bonds is 9. The number of aliphatic carboxylic acids is 1. The van der Waals surface area contributed by atoms with E-state index in [1.54, 1.807) is 0 Å². The zero-order valence-corrected chi connectivity index (χ0v) is 12.9. The number of nitrogens with one attached hydrogen (secondary N) is 1. The van der Waals surface area contributed by atoms with Crippen molar-refractivity contribution < 1.29 is 9.90 Å². The van der Waals surface area contributed by atoms with Gasteiger partial charge in [-0.1, -0.05) is 51.1 Å². The molecule has 0 spiro atoms. The molecule has 0 bridgehead atoms. The Bertz CT molecular complexity index is 399. The molecule has 1 rings (SSSR count). The van der Waals surface area contributed by atoms with Crippen LogP contribution < -0.4 is 5.32 Å². The second-order valence-corrected chi connectivity index (χ2v) is 5.44. The summed E-state index contributed by atoms with van der Waals surface area (Å²) in [6.45, 7) is 7.44. The Morgan fingerprint density at radius 1 is 1.20 bits per heavy atom. The van der Waals surface area contributed by atoms with E-state index in [-0.39, 0.29) is 0 Å². The second kappa shape index (κ2) is 8.05. The van der Waals surface area contributed by atoms with E-state index in [1.165, 1.54) is 5.56 Å². The first-order chi connectivity index (χ1) is 9.59. The van der Waals surface area contributed by atoms with E-state index >= 15 is 0 Å². The van der Waals surface area contributed by atoms with Crippen molar-refractivity contribution >= 4 is 5.97 Å². The van der Waals surface area contributed by atoms with Crippen molar-refractivity contribution in [1.82, 2.24) is 5.32 Å². The molecule has 3 heteroatoms. The molecule has 1 aromatic rings. The Hall–Kier alpha value is -1.35. The summed E-state index contributed by atoms with van der Waals surface area (Å²) in [6.07, 6.45) is 2.37. The number of hydrogen-bond donors (Lipinski definition) is 2. The van der Waals surface area contributed by atoms with Crippen LogP contribution in [-0.2, 0) is 4.79 Å². The van der Waals surface area contributed by atoms with Crippen LogP contribution in [0.2, 0.25) is 0 Å². The van der Waals surface area contributed by atoms with Gasteiger partial charge in [0.15, 0.2) is 0 Å². The van der Waals surface area contributed by atoms with Crippen LogP contribution in [0, 0.1) is 5.41 Å². The summed E-state index contributed by atoms with van der Waals surface area (Å²) in [5, 5.41) is 12.8. The van der Waals surface area contributed by atoms with Gasteiger partial charge in [-0.15, -0.1) is 0 Å². The molecule has 20 heavy (non-hydrogen) atoms. The Morgan fingerprint density at radius 2 is 1.80 bits per heavy atom. The van der Waals surface area contributed by atoms with Crippen molar-refractivity contribution in [3.05, 3.63) is 35.9 Å². The lowest BCUT2D eigenvalue weighted by Crippen LogP contribution is -2.41. The third-order valence-electron chi connectivity index (χ3n) is 4.43. The van der Waals surface area contributed by atoms with Gasteiger partial charge in [0, 0.05) is 13.1 Å². The van der Waals surface area contributed by atoms with E-state index in [4.69, 9.17) is 0 Å². The number of carboxylic acids is 1. The van der Waals surface area contributed by atoms with Crippen molar-refractivity contribution in [2.75, 3.05) is 13.1 Å². The van der Waals surface area contributed by atoms with Crippen LogP contribution in [0.25, 0.3) is 0 Å². The van der Waals surface area contributed by atoms with E-state index in [0.29, 0.717) is 25.3 Å². The lowest BCUT2D eigenvalue weighted by atomic mass is 9.82. The molecule has 1 unspecified atom stereocenters. The third kappa shape index (κ3) is 4.07. The van der Waals surface area contributed by atoms with Crippen LogP contribution in [0.4, 0.5) is 0 Å². The first-order valence-electron chi connectivity index (χ1n) is 7.58. The molecule has 2 N–H and O–H groups in total. The molecule has 0 heterocycles. The maximum atomic E-state index is 11.5. The summed E-state index contributed by atoms with van der Waals surface area (Å²) < 4.78 is 0. The monoisotopic (exact) mass is 277 g/mol. The fourth-order valence-corrected chi connectivity index (χ4v) is 2.59. The molecule has 1 aromatic carbocycles. The number of benzene rings is 1. The van der Waals surface area contributed by atoms with Gasteiger partial charge < -0.3 is 10.4 Å². The van der Waals surface area contributed by atoms with Crippen molar-refractivity contribution in [2.45, 2.75) is 46.0 Å². The molecule has 0 amide bonds. The van der Waals surface area contributed by atoms with Gasteiger partial charge in [-0.25, -0.2) is 0 Å². The predicted molar refractivity (Wildman–Crippen MR) is 83.0 cm³/mol. The average Bonchev–Trinajstić information content (AvgIpc) is 2.48. The van der Waals surface area contributed by atoms with Crippen molar-refractivity contribution in [3.8, 4) is 0 Å². The lowest BCUT2D eigenvalue weighted by Gasteiger charge is -2.28. The minimum absolute atomic E-state index is 0.441. The van der Waals surface area contributed by atoms with Gasteiger partial charge in [-0.3, -0.25) is 4.79 Å². The number of carboxylic acid groups (broad SMARTS) is 1. The zero-order chi connectivity index (χ0) is 15.0. The van der Waals surface area contributed by atoms with Gasteiger partial charge in [0.25, 0.3) is 0 Å². The molecular weight excluding hydrogens is 250 g/mol. The van der Waals surface area contributed by atoms with Gasteiger partial charge >= 0.3 is 5.97 Å². The molecule has 0 radical (unpaired) electrons. The molecule has 3 nitrogen and oxygen atoms in total. The van der Waals surface area contributed by atoms with E-state index in [9.17, 15) is 9.90 Å². The van der Waals surface area contributed by atoms with E-state index in [0.717, 1.165) is 13.0 Å². The molecule has 112 valence electrons. The van der Waals surface area contributed by atoms with Gasteiger partial charge in [0.05, 0.1) is 5.41 Å². The summed E-state index contributed by atoms with van der Waals surface area (Å²) in [5.41, 5.74) is 0.686. The maximum Gasteiger partial charge on any atom is 0.310 e. The van der Waals surface area contributed by atoms with Crippen LogP contribution >= 0.6 is 0 Å². The summed E-state index contributed by atoms with van der Waals surface area (Å²) in [4.78, 5) is 11.5. The fraction of sp³-hybridized carbons (Fsp3) is 0.588. The molecule has 0 aliphatic rings. The highest BCUT2D eigenvalue weighted by atomic mass is 16.4. The fourth-order valence-electron chi connectivity index (χ4n) is 2.59. The third-order valence-corrected chi connectivity index (χ3v) is 4.43. The minimum atomic E-state index is -0.692. The molecule has 1 atom stereocenters. The van der Waals surface area contributed by atoms with Gasteiger partial charge in [-0.2, -0.15) is 0 Å². The summed E-state index contributed by atoms with van der Waals surface area (Å²) in [5.74, 6) is -0.251. The van der Waals surface area contributed by atoms with Crippen molar-refractivity contribution in [2.24, 2.45) is 5.41 Å².